The van der Waals surface area contributed by atoms with Crippen LogP contribution in [0.15, 0.2) is 11.2 Å². The maximum atomic E-state index is 4.42. The first-order chi connectivity index (χ1) is 10.5. The van der Waals surface area contributed by atoms with Crippen molar-refractivity contribution in [2.75, 3.05) is 27.7 Å². The van der Waals surface area contributed by atoms with Crippen molar-refractivity contribution in [2.24, 2.45) is 10.9 Å². The summed E-state index contributed by atoms with van der Waals surface area (Å²) in [6, 6.07) is 0.505. The number of guanidine groups is 1. The lowest BCUT2D eigenvalue weighted by Crippen LogP contribution is -2.45. The van der Waals surface area contributed by atoms with Crippen molar-refractivity contribution < 1.29 is 0 Å². The van der Waals surface area contributed by atoms with Crippen LogP contribution >= 0.6 is 35.3 Å². The van der Waals surface area contributed by atoms with Crippen molar-refractivity contribution >= 4 is 41.3 Å². The molecule has 1 aromatic rings. The topological polar surface area (TPSA) is 52.6 Å². The van der Waals surface area contributed by atoms with Gasteiger partial charge in [-0.15, -0.1) is 35.3 Å². The molecule has 0 saturated heterocycles. The van der Waals surface area contributed by atoms with E-state index in [1.165, 1.54) is 11.3 Å². The van der Waals surface area contributed by atoms with Gasteiger partial charge in [-0.3, -0.25) is 4.99 Å². The molecule has 0 amide bonds. The predicted molar refractivity (Wildman–Crippen MR) is 112 cm³/mol. The molecule has 0 bridgehead atoms. The minimum absolute atomic E-state index is 0. The molecular formula is C16H32IN5S. The highest BCUT2D eigenvalue weighted by atomic mass is 127. The Morgan fingerprint density at radius 1 is 1.35 bits per heavy atom. The summed E-state index contributed by atoms with van der Waals surface area (Å²) in [6.45, 7) is 8.29. The maximum Gasteiger partial charge on any atom is 0.191 e. The van der Waals surface area contributed by atoms with Crippen LogP contribution in [-0.2, 0) is 13.0 Å². The zero-order chi connectivity index (χ0) is 16.5. The molecule has 1 heterocycles. The fourth-order valence-electron chi connectivity index (χ4n) is 2.21. The van der Waals surface area contributed by atoms with Gasteiger partial charge < -0.3 is 15.5 Å². The van der Waals surface area contributed by atoms with Gasteiger partial charge in [0, 0.05) is 30.7 Å². The molecule has 5 nitrogen and oxygen atoms in total. The van der Waals surface area contributed by atoms with Crippen LogP contribution in [0.3, 0.4) is 0 Å². The molecule has 0 fully saturated rings. The Bertz CT molecular complexity index is 459. The van der Waals surface area contributed by atoms with Crippen LogP contribution in [0, 0.1) is 5.92 Å². The van der Waals surface area contributed by atoms with Gasteiger partial charge in [0.15, 0.2) is 5.96 Å². The van der Waals surface area contributed by atoms with Gasteiger partial charge in [-0.25, -0.2) is 4.98 Å². The monoisotopic (exact) mass is 453 g/mol. The number of nitrogens with one attached hydrogen (secondary N) is 2. The van der Waals surface area contributed by atoms with Gasteiger partial charge >= 0.3 is 0 Å². The summed E-state index contributed by atoms with van der Waals surface area (Å²) in [5.41, 5.74) is 0. The van der Waals surface area contributed by atoms with Gasteiger partial charge in [0.2, 0.25) is 0 Å². The molecule has 23 heavy (non-hydrogen) atoms. The lowest BCUT2D eigenvalue weighted by Gasteiger charge is -2.27. The quantitative estimate of drug-likeness (QED) is 0.361. The number of rotatable bonds is 8. The van der Waals surface area contributed by atoms with Gasteiger partial charge in [0.05, 0.1) is 6.54 Å². The van der Waals surface area contributed by atoms with Crippen molar-refractivity contribution in [1.82, 2.24) is 20.5 Å². The number of halogens is 1. The highest BCUT2D eigenvalue weighted by Crippen LogP contribution is 2.12. The summed E-state index contributed by atoms with van der Waals surface area (Å²) >= 11 is 1.76. The van der Waals surface area contributed by atoms with E-state index in [0.717, 1.165) is 30.5 Å². The lowest BCUT2D eigenvalue weighted by molar-refractivity contribution is 0.254. The van der Waals surface area contributed by atoms with E-state index < -0.39 is 0 Å². The van der Waals surface area contributed by atoms with Crippen LogP contribution < -0.4 is 10.6 Å². The number of aliphatic imine (C=N–C) groups is 1. The molecule has 0 spiro atoms. The molecule has 1 aromatic heterocycles. The Balaban J connectivity index is 0.00000484. The zero-order valence-corrected chi connectivity index (χ0v) is 18.4. The third-order valence-electron chi connectivity index (χ3n) is 3.56. The summed E-state index contributed by atoms with van der Waals surface area (Å²) in [5, 5.41) is 7.86. The molecule has 7 heteroatoms. The van der Waals surface area contributed by atoms with Crippen molar-refractivity contribution in [3.05, 3.63) is 16.1 Å². The first kappa shape index (κ1) is 22.6. The van der Waals surface area contributed by atoms with Gasteiger partial charge in [-0.2, -0.15) is 0 Å². The normalized spacial score (nSPS) is 13.1. The molecule has 1 atom stereocenters. The van der Waals surface area contributed by atoms with Crippen molar-refractivity contribution in [3.63, 3.8) is 0 Å². The van der Waals surface area contributed by atoms with Gasteiger partial charge in [-0.05, 0) is 32.9 Å². The Morgan fingerprint density at radius 3 is 2.52 bits per heavy atom. The second-order valence-corrected chi connectivity index (χ2v) is 7.33. The summed E-state index contributed by atoms with van der Waals surface area (Å²) in [6.07, 6.45) is 4.18. The fraction of sp³-hybridized carbons (Fsp3) is 0.750. The van der Waals surface area contributed by atoms with Crippen LogP contribution in [0.2, 0.25) is 0 Å². The molecule has 1 unspecified atom stereocenters. The Hall–Kier alpha value is -0.410. The predicted octanol–water partition coefficient (Wildman–Crippen LogP) is 2.96. The van der Waals surface area contributed by atoms with Crippen LogP contribution in [0.25, 0.3) is 0 Å². The van der Waals surface area contributed by atoms with E-state index in [1.807, 2.05) is 13.2 Å². The van der Waals surface area contributed by atoms with E-state index in [1.54, 1.807) is 11.3 Å². The van der Waals surface area contributed by atoms with E-state index in [0.29, 0.717) is 12.0 Å². The highest BCUT2D eigenvalue weighted by Gasteiger charge is 2.13. The van der Waals surface area contributed by atoms with Gasteiger partial charge in [0.25, 0.3) is 0 Å². The fourth-order valence-corrected chi connectivity index (χ4v) is 3.01. The summed E-state index contributed by atoms with van der Waals surface area (Å²) in [4.78, 5) is 12.3. The molecule has 0 radical (unpaired) electrons. The molecule has 0 aliphatic rings. The third-order valence-corrected chi connectivity index (χ3v) is 4.70. The van der Waals surface area contributed by atoms with E-state index >= 15 is 0 Å². The Labute approximate surface area is 162 Å². The molecular weight excluding hydrogens is 421 g/mol. The molecule has 1 rings (SSSR count). The third kappa shape index (κ3) is 8.85. The summed E-state index contributed by atoms with van der Waals surface area (Å²) in [5.74, 6) is 1.52. The van der Waals surface area contributed by atoms with Crippen LogP contribution in [-0.4, -0.2) is 49.6 Å². The SMILES string of the molecule is CCc1cnc(CNC(=NC)NCC(CC(C)C)N(C)C)s1.I. The zero-order valence-electron chi connectivity index (χ0n) is 15.2. The number of thiazole rings is 1. The number of hydrogen-bond donors (Lipinski definition) is 2. The largest absolute Gasteiger partial charge is 0.355 e. The van der Waals surface area contributed by atoms with Crippen molar-refractivity contribution in [3.8, 4) is 0 Å². The molecule has 0 aliphatic carbocycles. The molecule has 0 saturated carbocycles. The smallest absolute Gasteiger partial charge is 0.191 e. The molecule has 0 aromatic carbocycles. The number of nitrogens with zero attached hydrogens (tertiary/aromatic N) is 3. The van der Waals surface area contributed by atoms with Gasteiger partial charge in [0.1, 0.15) is 5.01 Å². The average molecular weight is 453 g/mol. The highest BCUT2D eigenvalue weighted by molar-refractivity contribution is 14.0. The average Bonchev–Trinajstić information content (AvgIpc) is 2.93. The number of hydrogen-bond acceptors (Lipinski definition) is 4. The minimum atomic E-state index is 0. The standard InChI is InChI=1S/C16H31N5S.HI/c1-7-14-10-18-15(22-14)11-20-16(17-4)19-9-13(21(5)6)8-12(2)3;/h10,12-13H,7-9,11H2,1-6H3,(H2,17,19,20);1H. The number of aromatic nitrogens is 1. The van der Waals surface area contributed by atoms with Crippen LogP contribution in [0.4, 0.5) is 0 Å². The van der Waals surface area contributed by atoms with Crippen molar-refractivity contribution in [2.45, 2.75) is 46.2 Å². The lowest BCUT2D eigenvalue weighted by atomic mass is 10.0. The molecule has 2 N–H and O–H groups in total. The van der Waals surface area contributed by atoms with Crippen LogP contribution in [0.5, 0.6) is 0 Å². The minimum Gasteiger partial charge on any atom is -0.355 e. The first-order valence-corrected chi connectivity index (χ1v) is 8.82. The Morgan fingerprint density at radius 2 is 2.04 bits per heavy atom. The van der Waals surface area contributed by atoms with E-state index in [2.05, 4.69) is 60.4 Å². The van der Waals surface area contributed by atoms with Crippen LogP contribution in [0.1, 0.15) is 37.1 Å². The number of aryl methyl sites for hydroxylation is 1. The van der Waals surface area contributed by atoms with Gasteiger partial charge in [-0.1, -0.05) is 20.8 Å². The molecule has 0 aliphatic heterocycles. The van der Waals surface area contributed by atoms with E-state index in [-0.39, 0.29) is 24.0 Å². The second kappa shape index (κ2) is 12.0. The summed E-state index contributed by atoms with van der Waals surface area (Å²) < 4.78 is 0. The molecule has 134 valence electrons. The first-order valence-electron chi connectivity index (χ1n) is 8.00. The van der Waals surface area contributed by atoms with E-state index in [9.17, 15) is 0 Å². The van der Waals surface area contributed by atoms with E-state index in [4.69, 9.17) is 0 Å². The maximum absolute atomic E-state index is 4.42. The summed E-state index contributed by atoms with van der Waals surface area (Å²) in [7, 11) is 6.07. The Kier molecular flexibility index (Phi) is 11.8. The van der Waals surface area contributed by atoms with Crippen molar-refractivity contribution in [1.29, 1.82) is 0 Å². The number of likely N-dealkylation sites (N-methyl/N-ethyl adjacent to an activating group) is 1. The second-order valence-electron chi connectivity index (χ2n) is 6.13.